The van der Waals surface area contributed by atoms with Crippen molar-refractivity contribution in [3.63, 3.8) is 0 Å². The van der Waals surface area contributed by atoms with Gasteiger partial charge in [0.25, 0.3) is 0 Å². The van der Waals surface area contributed by atoms with E-state index < -0.39 is 12.0 Å². The van der Waals surface area contributed by atoms with E-state index in [2.05, 4.69) is 10.6 Å². The van der Waals surface area contributed by atoms with Crippen LogP contribution in [0.4, 0.5) is 14.9 Å². The van der Waals surface area contributed by atoms with E-state index in [9.17, 15) is 14.0 Å². The normalized spacial score (nSPS) is 9.89. The van der Waals surface area contributed by atoms with Crippen LogP contribution < -0.4 is 10.6 Å². The average molecular weight is 366 g/mol. The number of carboxylic acid groups (broad SMARTS) is 1. The summed E-state index contributed by atoms with van der Waals surface area (Å²) < 4.78 is 13.4. The molecule has 7 heteroatoms. The second kappa shape index (κ2) is 7.14. The Morgan fingerprint density at radius 2 is 2.11 bits per heavy atom. The van der Waals surface area contributed by atoms with Crippen molar-refractivity contribution in [2.75, 3.05) is 11.9 Å². The van der Waals surface area contributed by atoms with Gasteiger partial charge in [0.15, 0.2) is 0 Å². The predicted octanol–water partition coefficient (Wildman–Crippen LogP) is 2.42. The number of rotatable bonds is 5. The maximum Gasteiger partial charge on any atom is 0.319 e. The molecule has 18 heavy (non-hydrogen) atoms. The van der Waals surface area contributed by atoms with Gasteiger partial charge < -0.3 is 15.7 Å². The molecular weight excluding hydrogens is 354 g/mol. The molecule has 0 aliphatic rings. The fraction of sp³-hybridized carbons (Fsp3) is 0.273. The average Bonchev–Trinajstić information content (AvgIpc) is 2.28. The summed E-state index contributed by atoms with van der Waals surface area (Å²) in [6.07, 6.45) is 0.373. The van der Waals surface area contributed by atoms with Gasteiger partial charge in [-0.05, 0) is 47.2 Å². The first-order valence-corrected chi connectivity index (χ1v) is 6.28. The summed E-state index contributed by atoms with van der Waals surface area (Å²) in [6, 6.07) is 3.58. The molecule has 0 atom stereocenters. The Morgan fingerprint density at radius 3 is 2.72 bits per heavy atom. The predicted molar refractivity (Wildman–Crippen MR) is 73.0 cm³/mol. The molecule has 1 aromatic rings. The molecule has 1 aromatic carbocycles. The Kier molecular flexibility index (Phi) is 5.83. The minimum Gasteiger partial charge on any atom is -0.481 e. The number of anilines is 1. The number of amides is 2. The summed E-state index contributed by atoms with van der Waals surface area (Å²) in [7, 11) is 0. The number of carbonyl (C=O) groups excluding carboxylic acids is 1. The van der Waals surface area contributed by atoms with Crippen molar-refractivity contribution >= 4 is 40.3 Å². The molecule has 1 rings (SSSR count). The molecule has 3 N–H and O–H groups in total. The summed E-state index contributed by atoms with van der Waals surface area (Å²) in [5, 5.41) is 13.5. The van der Waals surface area contributed by atoms with Gasteiger partial charge in [0, 0.05) is 16.5 Å². The quantitative estimate of drug-likeness (QED) is 0.553. The molecule has 2 amide bonds. The van der Waals surface area contributed by atoms with Crippen molar-refractivity contribution in [2.24, 2.45) is 0 Å². The number of urea groups is 1. The van der Waals surface area contributed by atoms with E-state index in [4.69, 9.17) is 5.11 Å². The van der Waals surface area contributed by atoms with Crippen LogP contribution in [0.2, 0.25) is 0 Å². The largest absolute Gasteiger partial charge is 0.481 e. The summed E-state index contributed by atoms with van der Waals surface area (Å²) in [6.45, 7) is 0.274. The summed E-state index contributed by atoms with van der Waals surface area (Å²) in [5.74, 6) is -1.27. The van der Waals surface area contributed by atoms with Crippen molar-refractivity contribution < 1.29 is 19.1 Å². The standard InChI is InChI=1S/C11H12FIN2O3/c12-7-3-4-9(8(13)6-7)15-11(18)14-5-1-2-10(16)17/h3-4,6H,1-2,5H2,(H,16,17)(H2,14,15,18). The molecule has 5 nitrogen and oxygen atoms in total. The van der Waals surface area contributed by atoms with Gasteiger partial charge in [-0.2, -0.15) is 0 Å². The van der Waals surface area contributed by atoms with E-state index in [-0.39, 0.29) is 18.8 Å². The molecule has 0 fully saturated rings. The van der Waals surface area contributed by atoms with Crippen LogP contribution in [0.3, 0.4) is 0 Å². The monoisotopic (exact) mass is 366 g/mol. The summed E-state index contributed by atoms with van der Waals surface area (Å²) in [5.41, 5.74) is 0.507. The SMILES string of the molecule is O=C(O)CCCNC(=O)Nc1ccc(F)cc1I. The Hall–Kier alpha value is -1.38. The van der Waals surface area contributed by atoms with Crippen LogP contribution in [0.5, 0.6) is 0 Å². The molecule has 98 valence electrons. The van der Waals surface area contributed by atoms with Gasteiger partial charge in [0.05, 0.1) is 5.69 Å². The first kappa shape index (κ1) is 14.7. The van der Waals surface area contributed by atoms with E-state index in [1.165, 1.54) is 18.2 Å². The van der Waals surface area contributed by atoms with Gasteiger partial charge >= 0.3 is 12.0 Å². The van der Waals surface area contributed by atoms with Gasteiger partial charge in [0.1, 0.15) is 5.82 Å². The van der Waals surface area contributed by atoms with Gasteiger partial charge in [-0.25, -0.2) is 9.18 Å². The molecule has 0 heterocycles. The number of carbonyl (C=O) groups is 2. The molecular formula is C11H12FIN2O3. The summed E-state index contributed by atoms with van der Waals surface area (Å²) >= 11 is 1.91. The highest BCUT2D eigenvalue weighted by Crippen LogP contribution is 2.18. The number of hydrogen-bond acceptors (Lipinski definition) is 2. The van der Waals surface area contributed by atoms with Crippen LogP contribution in [-0.4, -0.2) is 23.7 Å². The van der Waals surface area contributed by atoms with Gasteiger partial charge in [-0.3, -0.25) is 4.79 Å². The third kappa shape index (κ3) is 5.30. The number of halogens is 2. The van der Waals surface area contributed by atoms with E-state index in [0.717, 1.165) is 0 Å². The first-order valence-electron chi connectivity index (χ1n) is 5.20. The lowest BCUT2D eigenvalue weighted by molar-refractivity contribution is -0.137. The van der Waals surface area contributed by atoms with Gasteiger partial charge in [-0.15, -0.1) is 0 Å². The first-order chi connectivity index (χ1) is 8.49. The van der Waals surface area contributed by atoms with Crippen LogP contribution in [0.1, 0.15) is 12.8 Å². The highest BCUT2D eigenvalue weighted by atomic mass is 127. The van der Waals surface area contributed by atoms with Crippen molar-refractivity contribution in [1.82, 2.24) is 5.32 Å². The smallest absolute Gasteiger partial charge is 0.319 e. The summed E-state index contributed by atoms with van der Waals surface area (Å²) in [4.78, 5) is 21.7. The number of benzene rings is 1. The second-order valence-corrected chi connectivity index (χ2v) is 4.66. The highest BCUT2D eigenvalue weighted by molar-refractivity contribution is 14.1. The van der Waals surface area contributed by atoms with E-state index >= 15 is 0 Å². The van der Waals surface area contributed by atoms with Crippen LogP contribution >= 0.6 is 22.6 Å². The second-order valence-electron chi connectivity index (χ2n) is 3.50. The third-order valence-corrected chi connectivity index (χ3v) is 2.92. The molecule has 0 radical (unpaired) electrons. The minimum atomic E-state index is -0.898. The molecule has 0 aromatic heterocycles. The van der Waals surface area contributed by atoms with Gasteiger partial charge in [-0.1, -0.05) is 0 Å². The van der Waals surface area contributed by atoms with E-state index in [1.54, 1.807) is 0 Å². The Labute approximate surface area is 117 Å². The maximum atomic E-state index is 12.8. The van der Waals surface area contributed by atoms with Crippen LogP contribution in [-0.2, 0) is 4.79 Å². The Balaban J connectivity index is 2.38. The zero-order valence-electron chi connectivity index (χ0n) is 9.37. The topological polar surface area (TPSA) is 78.4 Å². The van der Waals surface area contributed by atoms with Crippen molar-refractivity contribution in [3.8, 4) is 0 Å². The number of nitrogens with one attached hydrogen (secondary N) is 2. The lowest BCUT2D eigenvalue weighted by Gasteiger charge is -2.08. The number of aliphatic carboxylic acids is 1. The maximum absolute atomic E-state index is 12.8. The third-order valence-electron chi connectivity index (χ3n) is 2.03. The van der Waals surface area contributed by atoms with Crippen molar-refractivity contribution in [3.05, 3.63) is 27.6 Å². The fourth-order valence-electron chi connectivity index (χ4n) is 1.20. The van der Waals surface area contributed by atoms with E-state index in [1.807, 2.05) is 22.6 Å². The molecule has 0 aliphatic carbocycles. The highest BCUT2D eigenvalue weighted by Gasteiger charge is 2.06. The number of hydrogen-bond donors (Lipinski definition) is 3. The van der Waals surface area contributed by atoms with Crippen LogP contribution in [0, 0.1) is 9.39 Å². The molecule has 0 unspecified atom stereocenters. The zero-order chi connectivity index (χ0) is 13.5. The Morgan fingerprint density at radius 1 is 1.39 bits per heavy atom. The zero-order valence-corrected chi connectivity index (χ0v) is 11.5. The van der Waals surface area contributed by atoms with Crippen LogP contribution in [0.15, 0.2) is 18.2 Å². The Bertz CT molecular complexity index is 454. The molecule has 0 aliphatic heterocycles. The fourth-order valence-corrected chi connectivity index (χ4v) is 1.81. The molecule has 0 spiro atoms. The molecule has 0 saturated heterocycles. The lowest BCUT2D eigenvalue weighted by atomic mass is 10.3. The van der Waals surface area contributed by atoms with Crippen molar-refractivity contribution in [2.45, 2.75) is 12.8 Å². The minimum absolute atomic E-state index is 0.00830. The lowest BCUT2D eigenvalue weighted by Crippen LogP contribution is -2.30. The van der Waals surface area contributed by atoms with Gasteiger partial charge in [0.2, 0.25) is 0 Å². The van der Waals surface area contributed by atoms with E-state index in [0.29, 0.717) is 15.7 Å². The molecule has 0 saturated carbocycles. The molecule has 0 bridgehead atoms. The van der Waals surface area contributed by atoms with Crippen molar-refractivity contribution in [1.29, 1.82) is 0 Å². The van der Waals surface area contributed by atoms with Crippen LogP contribution in [0.25, 0.3) is 0 Å². The number of carboxylic acids is 1.